The zero-order valence-electron chi connectivity index (χ0n) is 17.0. The molecule has 0 radical (unpaired) electrons. The van der Waals surface area contributed by atoms with E-state index in [1.165, 1.54) is 24.9 Å². The number of benzene rings is 2. The zero-order chi connectivity index (χ0) is 20.2. The first-order valence-corrected chi connectivity index (χ1v) is 10.1. The number of carbonyl (C=O) groups is 1. The van der Waals surface area contributed by atoms with Gasteiger partial charge in [-0.3, -0.25) is 4.79 Å². The van der Waals surface area contributed by atoms with Gasteiger partial charge in [-0.2, -0.15) is 4.98 Å². The van der Waals surface area contributed by atoms with Crippen molar-refractivity contribution in [2.45, 2.75) is 32.7 Å². The van der Waals surface area contributed by atoms with E-state index in [1.807, 2.05) is 19.2 Å². The van der Waals surface area contributed by atoms with Crippen molar-refractivity contribution in [1.82, 2.24) is 15.0 Å². The first-order chi connectivity index (χ1) is 14.1. The third-order valence-corrected chi connectivity index (χ3v) is 5.33. The van der Waals surface area contributed by atoms with Crippen molar-refractivity contribution in [3.05, 3.63) is 65.5 Å². The second kappa shape index (κ2) is 8.47. The molecule has 1 aromatic heterocycles. The summed E-state index contributed by atoms with van der Waals surface area (Å²) in [5.41, 5.74) is 3.84. The average Bonchev–Trinajstić information content (AvgIpc) is 3.21. The molecule has 0 N–H and O–H groups in total. The highest BCUT2D eigenvalue weighted by Crippen LogP contribution is 2.21. The van der Waals surface area contributed by atoms with Gasteiger partial charge in [0.1, 0.15) is 0 Å². The molecule has 0 saturated carbocycles. The molecule has 0 unspecified atom stereocenters. The molecule has 150 valence electrons. The van der Waals surface area contributed by atoms with Crippen molar-refractivity contribution in [2.75, 3.05) is 25.0 Å². The van der Waals surface area contributed by atoms with Crippen molar-refractivity contribution < 1.29 is 9.32 Å². The van der Waals surface area contributed by atoms with E-state index in [9.17, 15) is 4.79 Å². The van der Waals surface area contributed by atoms with Gasteiger partial charge in [-0.1, -0.05) is 17.3 Å². The van der Waals surface area contributed by atoms with Crippen LogP contribution in [0.15, 0.2) is 53.1 Å². The minimum atomic E-state index is -0.0154. The van der Waals surface area contributed by atoms with Gasteiger partial charge in [0.2, 0.25) is 0 Å². The van der Waals surface area contributed by atoms with Gasteiger partial charge in [0.25, 0.3) is 11.8 Å². The van der Waals surface area contributed by atoms with E-state index < -0.39 is 0 Å². The highest BCUT2D eigenvalue weighted by molar-refractivity contribution is 5.94. The topological polar surface area (TPSA) is 62.5 Å². The molecule has 2 aromatic carbocycles. The maximum Gasteiger partial charge on any atom is 0.257 e. The third-order valence-electron chi connectivity index (χ3n) is 5.33. The second-order valence-corrected chi connectivity index (χ2v) is 7.60. The molecule has 2 heterocycles. The summed E-state index contributed by atoms with van der Waals surface area (Å²) >= 11 is 0. The summed E-state index contributed by atoms with van der Waals surface area (Å²) in [6.07, 6.45) is 3.87. The molecule has 1 aliphatic heterocycles. The molecule has 1 fully saturated rings. The van der Waals surface area contributed by atoms with Gasteiger partial charge in [-0.25, -0.2) is 0 Å². The summed E-state index contributed by atoms with van der Waals surface area (Å²) in [4.78, 5) is 21.2. The summed E-state index contributed by atoms with van der Waals surface area (Å²) in [6, 6.07) is 15.8. The number of aryl methyl sites for hydroxylation is 1. The van der Waals surface area contributed by atoms with E-state index in [1.54, 1.807) is 24.0 Å². The van der Waals surface area contributed by atoms with Crippen LogP contribution in [0.1, 0.15) is 41.0 Å². The number of carbonyl (C=O) groups excluding carboxylic acids is 1. The predicted molar refractivity (Wildman–Crippen MR) is 113 cm³/mol. The van der Waals surface area contributed by atoms with Crippen molar-refractivity contribution in [3.63, 3.8) is 0 Å². The minimum Gasteiger partial charge on any atom is -0.372 e. The second-order valence-electron chi connectivity index (χ2n) is 7.60. The van der Waals surface area contributed by atoms with Gasteiger partial charge in [-0.15, -0.1) is 0 Å². The lowest BCUT2D eigenvalue weighted by Gasteiger charge is -2.29. The van der Waals surface area contributed by atoms with Crippen LogP contribution in [0.3, 0.4) is 0 Å². The zero-order valence-corrected chi connectivity index (χ0v) is 17.0. The normalized spacial score (nSPS) is 14.1. The van der Waals surface area contributed by atoms with Crippen molar-refractivity contribution >= 4 is 11.6 Å². The van der Waals surface area contributed by atoms with E-state index in [0.29, 0.717) is 23.8 Å². The number of hydrogen-bond donors (Lipinski definition) is 0. The Morgan fingerprint density at radius 3 is 2.34 bits per heavy atom. The molecular weight excluding hydrogens is 364 g/mol. The van der Waals surface area contributed by atoms with Crippen molar-refractivity contribution in [1.29, 1.82) is 0 Å². The van der Waals surface area contributed by atoms with Gasteiger partial charge < -0.3 is 14.3 Å². The van der Waals surface area contributed by atoms with E-state index in [2.05, 4.69) is 39.3 Å². The van der Waals surface area contributed by atoms with Gasteiger partial charge >= 0.3 is 0 Å². The number of amides is 1. The lowest BCUT2D eigenvalue weighted by atomic mass is 10.1. The summed E-state index contributed by atoms with van der Waals surface area (Å²) in [5.74, 6) is 1.04. The molecule has 6 heteroatoms. The summed E-state index contributed by atoms with van der Waals surface area (Å²) < 4.78 is 5.17. The third kappa shape index (κ3) is 4.47. The molecule has 4 rings (SSSR count). The molecule has 6 nitrogen and oxygen atoms in total. The first kappa shape index (κ1) is 19.2. The quantitative estimate of drug-likeness (QED) is 0.650. The molecule has 3 aromatic rings. The van der Waals surface area contributed by atoms with Crippen LogP contribution in [0.2, 0.25) is 0 Å². The first-order valence-electron chi connectivity index (χ1n) is 10.1. The van der Waals surface area contributed by atoms with Gasteiger partial charge in [0.15, 0.2) is 5.82 Å². The Balaban J connectivity index is 1.38. The Hall–Kier alpha value is -3.15. The number of hydrogen-bond acceptors (Lipinski definition) is 5. The van der Waals surface area contributed by atoms with Gasteiger partial charge in [0, 0.05) is 43.5 Å². The molecule has 0 spiro atoms. The van der Waals surface area contributed by atoms with Crippen LogP contribution in [-0.2, 0) is 6.54 Å². The van der Waals surface area contributed by atoms with Crippen molar-refractivity contribution in [3.8, 4) is 11.5 Å². The van der Waals surface area contributed by atoms with Crippen LogP contribution in [-0.4, -0.2) is 41.1 Å². The molecular formula is C23H26N4O2. The Bertz CT molecular complexity index is 957. The molecule has 1 aliphatic rings. The van der Waals surface area contributed by atoms with Gasteiger partial charge in [-0.05, 0) is 68.1 Å². The Kier molecular flexibility index (Phi) is 5.60. The lowest BCUT2D eigenvalue weighted by molar-refractivity contribution is 0.0785. The van der Waals surface area contributed by atoms with E-state index >= 15 is 0 Å². The number of piperidine rings is 1. The number of nitrogens with zero attached hydrogens (tertiary/aromatic N) is 4. The van der Waals surface area contributed by atoms with Crippen LogP contribution in [0.25, 0.3) is 11.5 Å². The average molecular weight is 390 g/mol. The van der Waals surface area contributed by atoms with E-state index in [4.69, 9.17) is 4.52 Å². The molecule has 0 bridgehead atoms. The summed E-state index contributed by atoms with van der Waals surface area (Å²) in [7, 11) is 1.83. The SMILES string of the molecule is Cc1noc(-c2ccc(C(=O)N(C)Cc3ccc(N4CCCCC4)cc3)cc2)n1. The highest BCUT2D eigenvalue weighted by atomic mass is 16.5. The minimum absolute atomic E-state index is 0.0154. The fourth-order valence-corrected chi connectivity index (χ4v) is 3.70. The summed E-state index contributed by atoms with van der Waals surface area (Å²) in [6.45, 7) is 4.62. The molecule has 29 heavy (non-hydrogen) atoms. The fourth-order valence-electron chi connectivity index (χ4n) is 3.70. The van der Waals surface area contributed by atoms with E-state index in [0.717, 1.165) is 24.2 Å². The van der Waals surface area contributed by atoms with Crippen LogP contribution >= 0.6 is 0 Å². The Morgan fingerprint density at radius 2 is 1.72 bits per heavy atom. The molecule has 0 atom stereocenters. The van der Waals surface area contributed by atoms with Crippen LogP contribution in [0.5, 0.6) is 0 Å². The lowest BCUT2D eigenvalue weighted by Crippen LogP contribution is -2.29. The van der Waals surface area contributed by atoms with E-state index in [-0.39, 0.29) is 5.91 Å². The standard InChI is InChI=1S/C23H26N4O2/c1-17-24-22(29-25-17)19-8-10-20(11-9-19)23(28)26(2)16-18-6-12-21(13-7-18)27-14-4-3-5-15-27/h6-13H,3-5,14-16H2,1-2H3. The fraction of sp³-hybridized carbons (Fsp3) is 0.348. The van der Waals surface area contributed by atoms with Crippen LogP contribution in [0.4, 0.5) is 5.69 Å². The summed E-state index contributed by atoms with van der Waals surface area (Å²) in [5, 5.41) is 3.80. The number of aromatic nitrogens is 2. The molecule has 1 saturated heterocycles. The smallest absolute Gasteiger partial charge is 0.257 e. The van der Waals surface area contributed by atoms with Crippen LogP contribution in [0, 0.1) is 6.92 Å². The van der Waals surface area contributed by atoms with Gasteiger partial charge in [0.05, 0.1) is 0 Å². The maximum absolute atomic E-state index is 12.8. The Labute approximate surface area is 171 Å². The largest absolute Gasteiger partial charge is 0.372 e. The monoisotopic (exact) mass is 390 g/mol. The van der Waals surface area contributed by atoms with Crippen LogP contribution < -0.4 is 4.90 Å². The van der Waals surface area contributed by atoms with Crippen molar-refractivity contribution in [2.24, 2.45) is 0 Å². The number of rotatable bonds is 5. The predicted octanol–water partition coefficient (Wildman–Crippen LogP) is 4.31. The Morgan fingerprint density at radius 1 is 1.03 bits per heavy atom. The maximum atomic E-state index is 12.8. The molecule has 1 amide bonds. The molecule has 0 aliphatic carbocycles. The number of anilines is 1. The highest BCUT2D eigenvalue weighted by Gasteiger charge is 2.15.